The van der Waals surface area contributed by atoms with Crippen molar-refractivity contribution in [1.82, 2.24) is 15.2 Å². The molecule has 0 aliphatic rings. The third kappa shape index (κ3) is 3.60. The lowest BCUT2D eigenvalue weighted by molar-refractivity contribution is 0.415. The standard InChI is InChI=1S/C21H19FN4O/c1-13(14-3-4-16-12-19(27-2)10-5-15(16)11-14)20-24-21(26-25-20)23-18-8-6-17(22)7-9-18/h3-13H,1-2H3,(H2,23,24,25,26). The minimum absolute atomic E-state index is 0.0489. The van der Waals surface area contributed by atoms with Crippen LogP contribution in [-0.2, 0) is 0 Å². The fourth-order valence-electron chi connectivity index (χ4n) is 2.98. The van der Waals surface area contributed by atoms with Crippen LogP contribution < -0.4 is 10.1 Å². The average Bonchev–Trinajstić information content (AvgIpc) is 3.16. The van der Waals surface area contributed by atoms with Crippen LogP contribution in [0, 0.1) is 5.82 Å². The molecule has 0 aliphatic heterocycles. The van der Waals surface area contributed by atoms with Crippen molar-refractivity contribution in [2.75, 3.05) is 12.4 Å². The molecule has 6 heteroatoms. The van der Waals surface area contributed by atoms with Gasteiger partial charge in [-0.3, -0.25) is 5.10 Å². The lowest BCUT2D eigenvalue weighted by Crippen LogP contribution is -1.99. The van der Waals surface area contributed by atoms with Crippen LogP contribution in [0.5, 0.6) is 5.75 Å². The van der Waals surface area contributed by atoms with Crippen LogP contribution in [0.2, 0.25) is 0 Å². The third-order valence-corrected chi connectivity index (χ3v) is 4.58. The molecule has 136 valence electrons. The van der Waals surface area contributed by atoms with Gasteiger partial charge in [0.15, 0.2) is 0 Å². The number of fused-ring (bicyclic) bond motifs is 1. The zero-order chi connectivity index (χ0) is 18.8. The van der Waals surface area contributed by atoms with Gasteiger partial charge in [0, 0.05) is 11.6 Å². The normalized spacial score (nSPS) is 12.1. The Balaban J connectivity index is 1.55. The van der Waals surface area contributed by atoms with Crippen molar-refractivity contribution < 1.29 is 9.13 Å². The molecule has 1 atom stereocenters. The van der Waals surface area contributed by atoms with Crippen molar-refractivity contribution >= 4 is 22.4 Å². The second-order valence-electron chi connectivity index (χ2n) is 6.37. The van der Waals surface area contributed by atoms with Gasteiger partial charge in [0.1, 0.15) is 17.4 Å². The Morgan fingerprint density at radius 1 is 1.00 bits per heavy atom. The van der Waals surface area contributed by atoms with Crippen molar-refractivity contribution in [3.63, 3.8) is 0 Å². The van der Waals surface area contributed by atoms with Crippen LogP contribution in [0.25, 0.3) is 10.8 Å². The summed E-state index contributed by atoms with van der Waals surface area (Å²) in [5.41, 5.74) is 1.87. The van der Waals surface area contributed by atoms with Crippen LogP contribution in [0.4, 0.5) is 16.0 Å². The van der Waals surface area contributed by atoms with Crippen molar-refractivity contribution in [2.24, 2.45) is 0 Å². The van der Waals surface area contributed by atoms with Crippen LogP contribution in [0.3, 0.4) is 0 Å². The zero-order valence-electron chi connectivity index (χ0n) is 15.0. The van der Waals surface area contributed by atoms with E-state index in [0.29, 0.717) is 5.95 Å². The molecule has 0 fully saturated rings. The van der Waals surface area contributed by atoms with Crippen molar-refractivity contribution in [3.8, 4) is 5.75 Å². The number of H-pyrrole nitrogens is 1. The second-order valence-corrected chi connectivity index (χ2v) is 6.37. The Morgan fingerprint density at radius 3 is 2.52 bits per heavy atom. The number of aromatic nitrogens is 3. The number of benzene rings is 3. The number of halogens is 1. The average molecular weight is 362 g/mol. The van der Waals surface area contributed by atoms with E-state index in [1.54, 1.807) is 19.2 Å². The van der Waals surface area contributed by atoms with Gasteiger partial charge >= 0.3 is 0 Å². The summed E-state index contributed by atoms with van der Waals surface area (Å²) in [5, 5.41) is 12.5. The first-order valence-corrected chi connectivity index (χ1v) is 8.65. The van der Waals surface area contributed by atoms with E-state index in [4.69, 9.17) is 4.74 Å². The molecule has 1 heterocycles. The number of aromatic amines is 1. The van der Waals surface area contributed by atoms with Gasteiger partial charge < -0.3 is 10.1 Å². The minimum Gasteiger partial charge on any atom is -0.497 e. The summed E-state index contributed by atoms with van der Waals surface area (Å²) in [6, 6.07) is 18.4. The zero-order valence-corrected chi connectivity index (χ0v) is 15.0. The summed E-state index contributed by atoms with van der Waals surface area (Å²) in [4.78, 5) is 4.52. The van der Waals surface area contributed by atoms with Gasteiger partial charge in [-0.05, 0) is 52.7 Å². The van der Waals surface area contributed by atoms with Gasteiger partial charge in [0.2, 0.25) is 5.95 Å². The Labute approximate surface area is 156 Å². The maximum absolute atomic E-state index is 13.0. The van der Waals surface area contributed by atoms with Crippen molar-refractivity contribution in [2.45, 2.75) is 12.8 Å². The number of anilines is 2. The fourth-order valence-corrected chi connectivity index (χ4v) is 2.98. The summed E-state index contributed by atoms with van der Waals surface area (Å²) >= 11 is 0. The molecule has 0 spiro atoms. The number of ether oxygens (including phenoxy) is 1. The van der Waals surface area contributed by atoms with Gasteiger partial charge in [0.25, 0.3) is 0 Å². The Bertz CT molecular complexity index is 1080. The highest BCUT2D eigenvalue weighted by molar-refractivity contribution is 5.84. The lowest BCUT2D eigenvalue weighted by Gasteiger charge is -2.10. The molecular weight excluding hydrogens is 343 g/mol. The molecule has 4 aromatic rings. The van der Waals surface area contributed by atoms with E-state index in [-0.39, 0.29) is 11.7 Å². The second kappa shape index (κ2) is 7.07. The van der Waals surface area contributed by atoms with Gasteiger partial charge in [-0.15, -0.1) is 5.10 Å². The molecule has 27 heavy (non-hydrogen) atoms. The maximum atomic E-state index is 13.0. The minimum atomic E-state index is -0.279. The van der Waals surface area contributed by atoms with E-state index in [2.05, 4.69) is 45.6 Å². The van der Waals surface area contributed by atoms with Crippen molar-refractivity contribution in [1.29, 1.82) is 0 Å². The Kier molecular flexibility index (Phi) is 4.46. The van der Waals surface area contributed by atoms with E-state index < -0.39 is 0 Å². The molecule has 0 aliphatic carbocycles. The van der Waals surface area contributed by atoms with Crippen LogP contribution >= 0.6 is 0 Å². The first-order chi connectivity index (χ1) is 13.1. The third-order valence-electron chi connectivity index (χ3n) is 4.58. The van der Waals surface area contributed by atoms with Gasteiger partial charge in [0.05, 0.1) is 7.11 Å². The van der Waals surface area contributed by atoms with Crippen molar-refractivity contribution in [3.05, 3.63) is 77.9 Å². The maximum Gasteiger partial charge on any atom is 0.246 e. The van der Waals surface area contributed by atoms with E-state index in [0.717, 1.165) is 33.6 Å². The fraction of sp³-hybridized carbons (Fsp3) is 0.143. The molecule has 2 N–H and O–H groups in total. The largest absolute Gasteiger partial charge is 0.497 e. The monoisotopic (exact) mass is 362 g/mol. The lowest BCUT2D eigenvalue weighted by atomic mass is 9.97. The van der Waals surface area contributed by atoms with E-state index in [9.17, 15) is 4.39 Å². The number of nitrogens with one attached hydrogen (secondary N) is 2. The highest BCUT2D eigenvalue weighted by atomic mass is 19.1. The van der Waals surface area contributed by atoms with Gasteiger partial charge in [-0.2, -0.15) is 4.98 Å². The molecular formula is C21H19FN4O. The predicted octanol–water partition coefficient (Wildman–Crippen LogP) is 5.00. The van der Waals surface area contributed by atoms with Gasteiger partial charge in [-0.25, -0.2) is 4.39 Å². The molecule has 0 radical (unpaired) electrons. The van der Waals surface area contributed by atoms with E-state index in [1.165, 1.54) is 12.1 Å². The van der Waals surface area contributed by atoms with Gasteiger partial charge in [-0.1, -0.05) is 31.2 Å². The predicted molar refractivity (Wildman–Crippen MR) is 104 cm³/mol. The first-order valence-electron chi connectivity index (χ1n) is 8.65. The van der Waals surface area contributed by atoms with E-state index in [1.807, 2.05) is 18.2 Å². The summed E-state index contributed by atoms with van der Waals surface area (Å²) < 4.78 is 18.3. The molecule has 0 amide bonds. The Hall–Kier alpha value is -3.41. The summed E-state index contributed by atoms with van der Waals surface area (Å²) in [6.45, 7) is 2.08. The number of methoxy groups -OCH3 is 1. The highest BCUT2D eigenvalue weighted by Gasteiger charge is 2.14. The molecule has 0 saturated carbocycles. The summed E-state index contributed by atoms with van der Waals surface area (Å²) in [7, 11) is 1.67. The smallest absolute Gasteiger partial charge is 0.246 e. The molecule has 0 bridgehead atoms. The topological polar surface area (TPSA) is 62.8 Å². The van der Waals surface area contributed by atoms with Crippen LogP contribution in [0.1, 0.15) is 24.2 Å². The van der Waals surface area contributed by atoms with E-state index >= 15 is 0 Å². The van der Waals surface area contributed by atoms with Crippen LogP contribution in [0.15, 0.2) is 60.7 Å². The van der Waals surface area contributed by atoms with Crippen LogP contribution in [-0.4, -0.2) is 22.3 Å². The quantitative estimate of drug-likeness (QED) is 0.524. The molecule has 5 nitrogen and oxygen atoms in total. The molecule has 1 unspecified atom stereocenters. The first kappa shape index (κ1) is 17.0. The summed E-state index contributed by atoms with van der Waals surface area (Å²) in [6.07, 6.45) is 0. The molecule has 4 rings (SSSR count). The number of rotatable bonds is 5. The summed E-state index contributed by atoms with van der Waals surface area (Å²) in [5.74, 6) is 1.82. The molecule has 3 aromatic carbocycles. The Morgan fingerprint density at radius 2 is 1.74 bits per heavy atom. The highest BCUT2D eigenvalue weighted by Crippen LogP contribution is 2.28. The molecule has 1 aromatic heterocycles. The number of hydrogen-bond donors (Lipinski definition) is 2. The molecule has 0 saturated heterocycles. The SMILES string of the molecule is COc1ccc2cc(C(C)c3nc(Nc4ccc(F)cc4)n[nH]3)ccc2c1. The number of hydrogen-bond acceptors (Lipinski definition) is 4. The number of nitrogens with zero attached hydrogens (tertiary/aromatic N) is 2.